The highest BCUT2D eigenvalue weighted by molar-refractivity contribution is 7.80. The topological polar surface area (TPSA) is 95.6 Å². The highest BCUT2D eigenvalue weighted by Crippen LogP contribution is 2.22. The lowest BCUT2D eigenvalue weighted by molar-refractivity contribution is 0.490. The summed E-state index contributed by atoms with van der Waals surface area (Å²) in [7, 11) is 0. The molecule has 4 N–H and O–H groups in total. The van der Waals surface area contributed by atoms with Crippen LogP contribution in [0.4, 0.5) is 5.82 Å². The molecule has 1 unspecified atom stereocenters. The Kier molecular flexibility index (Phi) is 4.26. The fourth-order valence-corrected chi connectivity index (χ4v) is 2.21. The van der Waals surface area contributed by atoms with Crippen LogP contribution in [0.3, 0.4) is 0 Å². The van der Waals surface area contributed by atoms with Gasteiger partial charge in [-0.2, -0.15) is 0 Å². The maximum Gasteiger partial charge on any atom is 0.165 e. The first-order valence-electron chi connectivity index (χ1n) is 6.31. The zero-order chi connectivity index (χ0) is 13.8. The van der Waals surface area contributed by atoms with Crippen molar-refractivity contribution < 1.29 is 0 Å². The number of nitrogen functional groups attached to an aromatic ring is 1. The molecule has 1 atom stereocenters. The van der Waals surface area contributed by atoms with Crippen molar-refractivity contribution in [3.05, 3.63) is 12.7 Å². The van der Waals surface area contributed by atoms with Gasteiger partial charge in [-0.25, -0.2) is 15.0 Å². The van der Waals surface area contributed by atoms with Crippen molar-refractivity contribution >= 4 is 34.2 Å². The molecule has 102 valence electrons. The summed E-state index contributed by atoms with van der Waals surface area (Å²) >= 11 is 4.86. The van der Waals surface area contributed by atoms with E-state index in [0.717, 1.165) is 31.3 Å². The molecular weight excluding hydrogens is 260 g/mol. The SMILES string of the molecule is CC(CCCCC(N)=S)n1cnc2c(N)ncnc21. The fourth-order valence-electron chi connectivity index (χ4n) is 2.07. The molecule has 2 heterocycles. The summed E-state index contributed by atoms with van der Waals surface area (Å²) < 4.78 is 2.04. The van der Waals surface area contributed by atoms with Gasteiger partial charge in [-0.15, -0.1) is 0 Å². The number of nitrogens with zero attached hydrogens (tertiary/aromatic N) is 4. The molecule has 0 fully saturated rings. The first-order chi connectivity index (χ1) is 9.09. The number of rotatable bonds is 6. The number of anilines is 1. The molecule has 0 aromatic carbocycles. The summed E-state index contributed by atoms with van der Waals surface area (Å²) in [6, 6.07) is 0.311. The van der Waals surface area contributed by atoms with Crippen molar-refractivity contribution in [1.29, 1.82) is 0 Å². The third kappa shape index (κ3) is 3.17. The second kappa shape index (κ2) is 5.92. The van der Waals surface area contributed by atoms with Crippen LogP contribution in [-0.2, 0) is 0 Å². The van der Waals surface area contributed by atoms with Crippen LogP contribution < -0.4 is 11.5 Å². The number of fused-ring (bicyclic) bond motifs is 1. The lowest BCUT2D eigenvalue weighted by atomic mass is 10.1. The van der Waals surface area contributed by atoms with Crippen molar-refractivity contribution in [1.82, 2.24) is 19.5 Å². The van der Waals surface area contributed by atoms with Crippen molar-refractivity contribution in [3.63, 3.8) is 0 Å². The Bertz CT molecular complexity index is 579. The van der Waals surface area contributed by atoms with Gasteiger partial charge in [0, 0.05) is 6.04 Å². The van der Waals surface area contributed by atoms with E-state index >= 15 is 0 Å². The molecule has 0 aliphatic heterocycles. The van der Waals surface area contributed by atoms with E-state index in [9.17, 15) is 0 Å². The number of hydrogen-bond donors (Lipinski definition) is 2. The quantitative estimate of drug-likeness (QED) is 0.618. The molecule has 6 nitrogen and oxygen atoms in total. The summed E-state index contributed by atoms with van der Waals surface area (Å²) in [5.74, 6) is 0.421. The lowest BCUT2D eigenvalue weighted by Crippen LogP contribution is -2.08. The smallest absolute Gasteiger partial charge is 0.165 e. The monoisotopic (exact) mass is 278 g/mol. The molecular formula is C12H18N6S. The van der Waals surface area contributed by atoms with Gasteiger partial charge < -0.3 is 16.0 Å². The Hall–Kier alpha value is -1.76. The number of thiocarbonyl (C=S) groups is 1. The third-order valence-corrected chi connectivity index (χ3v) is 3.36. The Morgan fingerprint density at radius 2 is 2.16 bits per heavy atom. The Morgan fingerprint density at radius 1 is 1.37 bits per heavy atom. The summed E-state index contributed by atoms with van der Waals surface area (Å²) in [5, 5.41) is 0. The molecule has 0 spiro atoms. The molecule has 2 rings (SSSR count). The first kappa shape index (κ1) is 13.7. The van der Waals surface area contributed by atoms with E-state index in [-0.39, 0.29) is 0 Å². The van der Waals surface area contributed by atoms with E-state index in [4.69, 9.17) is 23.7 Å². The normalized spacial score (nSPS) is 12.7. The molecule has 0 aliphatic carbocycles. The Balaban J connectivity index is 2.03. The molecule has 0 saturated heterocycles. The Morgan fingerprint density at radius 3 is 2.89 bits per heavy atom. The maximum atomic E-state index is 5.77. The van der Waals surface area contributed by atoms with E-state index < -0.39 is 0 Å². The standard InChI is InChI=1S/C12H18N6S/c1-8(4-2-3-5-9(13)19)18-7-17-10-11(14)15-6-16-12(10)18/h6-8H,2-5H2,1H3,(H2,13,19)(H2,14,15,16). The predicted molar refractivity (Wildman–Crippen MR) is 79.7 cm³/mol. The zero-order valence-electron chi connectivity index (χ0n) is 10.9. The number of hydrogen-bond acceptors (Lipinski definition) is 5. The molecule has 0 aliphatic rings. The maximum absolute atomic E-state index is 5.77. The molecule has 2 aromatic heterocycles. The highest BCUT2D eigenvalue weighted by atomic mass is 32.1. The molecule has 0 amide bonds. The molecule has 7 heteroatoms. The van der Waals surface area contributed by atoms with Crippen molar-refractivity contribution in [2.45, 2.75) is 38.6 Å². The lowest BCUT2D eigenvalue weighted by Gasteiger charge is -2.13. The van der Waals surface area contributed by atoms with Gasteiger partial charge in [-0.05, 0) is 26.2 Å². The van der Waals surface area contributed by atoms with Gasteiger partial charge in [-0.3, -0.25) is 0 Å². The van der Waals surface area contributed by atoms with E-state index in [1.165, 1.54) is 6.33 Å². The van der Waals surface area contributed by atoms with Crippen LogP contribution in [0.25, 0.3) is 11.2 Å². The van der Waals surface area contributed by atoms with Gasteiger partial charge in [0.05, 0.1) is 11.3 Å². The zero-order valence-corrected chi connectivity index (χ0v) is 11.7. The van der Waals surface area contributed by atoms with Gasteiger partial charge in [0.25, 0.3) is 0 Å². The number of unbranched alkanes of at least 4 members (excludes halogenated alkanes) is 1. The van der Waals surface area contributed by atoms with Crippen LogP contribution in [0, 0.1) is 0 Å². The van der Waals surface area contributed by atoms with E-state index in [2.05, 4.69) is 21.9 Å². The molecule has 2 aromatic rings. The van der Waals surface area contributed by atoms with Crippen LogP contribution >= 0.6 is 12.2 Å². The van der Waals surface area contributed by atoms with Gasteiger partial charge in [0.15, 0.2) is 11.5 Å². The van der Waals surface area contributed by atoms with Gasteiger partial charge in [0.1, 0.15) is 11.8 Å². The van der Waals surface area contributed by atoms with Gasteiger partial charge in [0.2, 0.25) is 0 Å². The summed E-state index contributed by atoms with van der Waals surface area (Å²) in [6.07, 6.45) is 7.16. The largest absolute Gasteiger partial charge is 0.393 e. The van der Waals surface area contributed by atoms with Crippen LogP contribution in [-0.4, -0.2) is 24.5 Å². The van der Waals surface area contributed by atoms with Crippen molar-refractivity contribution in [2.24, 2.45) is 5.73 Å². The number of imidazole rings is 1. The van der Waals surface area contributed by atoms with Crippen LogP contribution in [0.1, 0.15) is 38.6 Å². The van der Waals surface area contributed by atoms with E-state index in [1.807, 2.05) is 4.57 Å². The molecule has 0 saturated carbocycles. The van der Waals surface area contributed by atoms with Crippen LogP contribution in [0.2, 0.25) is 0 Å². The second-order valence-electron chi connectivity index (χ2n) is 4.64. The Labute approximate surface area is 117 Å². The van der Waals surface area contributed by atoms with Crippen molar-refractivity contribution in [2.75, 3.05) is 5.73 Å². The van der Waals surface area contributed by atoms with Gasteiger partial charge >= 0.3 is 0 Å². The minimum Gasteiger partial charge on any atom is -0.393 e. The van der Waals surface area contributed by atoms with Crippen LogP contribution in [0.15, 0.2) is 12.7 Å². The second-order valence-corrected chi connectivity index (χ2v) is 5.17. The minimum absolute atomic E-state index is 0.311. The average Bonchev–Trinajstić information content (AvgIpc) is 2.79. The van der Waals surface area contributed by atoms with E-state index in [1.54, 1.807) is 6.33 Å². The van der Waals surface area contributed by atoms with Crippen LogP contribution in [0.5, 0.6) is 0 Å². The molecule has 0 bridgehead atoms. The van der Waals surface area contributed by atoms with E-state index in [0.29, 0.717) is 22.4 Å². The first-order valence-corrected chi connectivity index (χ1v) is 6.71. The van der Waals surface area contributed by atoms with Gasteiger partial charge in [-0.1, -0.05) is 18.6 Å². The summed E-state index contributed by atoms with van der Waals surface area (Å²) in [6.45, 7) is 2.14. The van der Waals surface area contributed by atoms with Crippen molar-refractivity contribution in [3.8, 4) is 0 Å². The predicted octanol–water partition coefficient (Wildman–Crippen LogP) is 1.82. The molecule has 0 radical (unpaired) electrons. The molecule has 19 heavy (non-hydrogen) atoms. The summed E-state index contributed by atoms with van der Waals surface area (Å²) in [4.78, 5) is 13.0. The fraction of sp³-hybridized carbons (Fsp3) is 0.500. The third-order valence-electron chi connectivity index (χ3n) is 3.16. The highest BCUT2D eigenvalue weighted by Gasteiger charge is 2.12. The number of aromatic nitrogens is 4. The summed E-state index contributed by atoms with van der Waals surface area (Å²) in [5.41, 5.74) is 12.7. The number of nitrogens with two attached hydrogens (primary N) is 2. The average molecular weight is 278 g/mol. The minimum atomic E-state index is 0.311.